The number of anilines is 1. The van der Waals surface area contributed by atoms with Gasteiger partial charge in [-0.05, 0) is 39.5 Å². The average Bonchev–Trinajstić information content (AvgIpc) is 2.93. The molecule has 0 aliphatic carbocycles. The Morgan fingerprint density at radius 1 is 1.20 bits per heavy atom. The van der Waals surface area contributed by atoms with Crippen molar-refractivity contribution in [2.45, 2.75) is 0 Å². The molecule has 100 valence electrons. The normalized spacial score (nSPS) is 13.8. The Morgan fingerprint density at radius 2 is 1.95 bits per heavy atom. The number of amides is 3. The van der Waals surface area contributed by atoms with Gasteiger partial charge in [-0.3, -0.25) is 14.4 Å². The Balaban J connectivity index is 2.09. The van der Waals surface area contributed by atoms with Gasteiger partial charge < -0.3 is 5.73 Å². The number of hydrogen-bond acceptors (Lipinski definition) is 5. The number of thiophene rings is 1. The van der Waals surface area contributed by atoms with Gasteiger partial charge in [0.2, 0.25) is 0 Å². The quantitative estimate of drug-likeness (QED) is 0.632. The second-order valence-corrected chi connectivity index (χ2v) is 5.89. The summed E-state index contributed by atoms with van der Waals surface area (Å²) in [4.78, 5) is 37.8. The molecule has 0 spiro atoms. The maximum Gasteiger partial charge on any atom is 0.279 e. The van der Waals surface area contributed by atoms with Crippen molar-refractivity contribution in [2.24, 2.45) is 0 Å². The Bertz CT molecular complexity index is 761. The van der Waals surface area contributed by atoms with E-state index in [1.54, 1.807) is 17.5 Å². The molecule has 2 heterocycles. The molecule has 20 heavy (non-hydrogen) atoms. The largest absolute Gasteiger partial charge is 0.398 e. The highest BCUT2D eigenvalue weighted by Gasteiger charge is 2.42. The summed E-state index contributed by atoms with van der Waals surface area (Å²) in [5.41, 5.74) is 6.17. The van der Waals surface area contributed by atoms with Gasteiger partial charge in [0.15, 0.2) is 0 Å². The zero-order valence-corrected chi connectivity index (χ0v) is 12.3. The predicted molar refractivity (Wildman–Crippen MR) is 77.7 cm³/mol. The van der Waals surface area contributed by atoms with E-state index >= 15 is 0 Å². The molecule has 2 aromatic rings. The van der Waals surface area contributed by atoms with Gasteiger partial charge in [-0.1, -0.05) is 6.07 Å². The molecule has 0 saturated carbocycles. The van der Waals surface area contributed by atoms with E-state index in [9.17, 15) is 14.4 Å². The number of nitrogen functional groups attached to an aromatic ring is 1. The molecule has 1 aromatic carbocycles. The highest BCUT2D eigenvalue weighted by Crippen LogP contribution is 2.31. The van der Waals surface area contributed by atoms with Crippen LogP contribution in [0.2, 0.25) is 0 Å². The first-order valence-corrected chi connectivity index (χ1v) is 7.24. The van der Waals surface area contributed by atoms with Crippen LogP contribution in [-0.2, 0) is 0 Å². The summed E-state index contributed by atoms with van der Waals surface area (Å²) < 4.78 is 0.553. The molecular weight excluding hydrogens is 344 g/mol. The van der Waals surface area contributed by atoms with E-state index in [1.807, 2.05) is 0 Å². The molecule has 0 fully saturated rings. The molecular formula is C13H7BrN2O3S. The van der Waals surface area contributed by atoms with E-state index in [0.717, 1.165) is 11.3 Å². The lowest BCUT2D eigenvalue weighted by Gasteiger charge is -2.10. The molecule has 3 amide bonds. The first kappa shape index (κ1) is 13.0. The molecule has 2 N–H and O–H groups in total. The zero-order valence-electron chi connectivity index (χ0n) is 9.92. The van der Waals surface area contributed by atoms with E-state index in [4.69, 9.17) is 5.73 Å². The van der Waals surface area contributed by atoms with Crippen LogP contribution in [0.4, 0.5) is 5.69 Å². The highest BCUT2D eigenvalue weighted by molar-refractivity contribution is 9.10. The smallest absolute Gasteiger partial charge is 0.279 e. The van der Waals surface area contributed by atoms with E-state index < -0.39 is 17.7 Å². The molecule has 1 aromatic heterocycles. The van der Waals surface area contributed by atoms with Crippen molar-refractivity contribution in [1.29, 1.82) is 0 Å². The number of nitrogens with zero attached hydrogens (tertiary/aromatic N) is 1. The topological polar surface area (TPSA) is 80.5 Å². The van der Waals surface area contributed by atoms with Crippen LogP contribution in [0.25, 0.3) is 0 Å². The van der Waals surface area contributed by atoms with Crippen LogP contribution in [0, 0.1) is 0 Å². The van der Waals surface area contributed by atoms with Crippen LogP contribution < -0.4 is 5.73 Å². The molecule has 0 bridgehead atoms. The number of fused-ring (bicyclic) bond motifs is 1. The third kappa shape index (κ3) is 1.70. The third-order valence-corrected chi connectivity index (χ3v) is 4.79. The Hall–Kier alpha value is -1.99. The van der Waals surface area contributed by atoms with Crippen LogP contribution >= 0.6 is 27.3 Å². The van der Waals surface area contributed by atoms with Gasteiger partial charge in [0.25, 0.3) is 17.7 Å². The predicted octanol–water partition coefficient (Wildman–Crippen LogP) is 2.53. The standard InChI is InChI=1S/C13H7BrN2O3S/c14-7-4-5-20-10(7)13(19)16-11(17)6-2-1-3-8(15)9(6)12(16)18/h1-5H,15H2. The van der Waals surface area contributed by atoms with Crippen molar-refractivity contribution in [3.63, 3.8) is 0 Å². The van der Waals surface area contributed by atoms with Crippen molar-refractivity contribution in [3.8, 4) is 0 Å². The van der Waals surface area contributed by atoms with Gasteiger partial charge in [0.1, 0.15) is 4.88 Å². The minimum absolute atomic E-state index is 0.0959. The van der Waals surface area contributed by atoms with E-state index in [2.05, 4.69) is 15.9 Å². The number of carbonyl (C=O) groups is 3. The lowest BCUT2D eigenvalue weighted by molar-refractivity contribution is 0.0568. The summed E-state index contributed by atoms with van der Waals surface area (Å²) in [6.07, 6.45) is 0. The SMILES string of the molecule is Nc1cccc2c1C(=O)N(C(=O)c1sccc1Br)C2=O. The lowest BCUT2D eigenvalue weighted by atomic mass is 10.1. The van der Waals surface area contributed by atoms with Crippen molar-refractivity contribution >= 4 is 50.7 Å². The van der Waals surface area contributed by atoms with E-state index in [0.29, 0.717) is 14.2 Å². The number of halogens is 1. The summed E-state index contributed by atoms with van der Waals surface area (Å²) in [6.45, 7) is 0. The second-order valence-electron chi connectivity index (χ2n) is 4.12. The monoisotopic (exact) mass is 350 g/mol. The molecule has 5 nitrogen and oxygen atoms in total. The minimum atomic E-state index is -0.673. The van der Waals surface area contributed by atoms with Gasteiger partial charge in [-0.25, -0.2) is 4.90 Å². The van der Waals surface area contributed by atoms with Crippen LogP contribution in [-0.4, -0.2) is 22.6 Å². The fraction of sp³-hybridized carbons (Fsp3) is 0. The molecule has 0 atom stereocenters. The van der Waals surface area contributed by atoms with E-state index in [1.165, 1.54) is 12.1 Å². The highest BCUT2D eigenvalue weighted by atomic mass is 79.9. The molecule has 0 radical (unpaired) electrons. The van der Waals surface area contributed by atoms with Crippen LogP contribution in [0.5, 0.6) is 0 Å². The Kier molecular flexibility index (Phi) is 2.95. The molecule has 7 heteroatoms. The Labute approximate surface area is 126 Å². The van der Waals surface area contributed by atoms with Crippen LogP contribution in [0.3, 0.4) is 0 Å². The summed E-state index contributed by atoms with van der Waals surface area (Å²) in [5.74, 6) is -1.95. The second kappa shape index (κ2) is 4.53. The number of carbonyl (C=O) groups excluding carboxylic acids is 3. The molecule has 1 aliphatic rings. The number of rotatable bonds is 1. The number of benzene rings is 1. The van der Waals surface area contributed by atoms with Crippen LogP contribution in [0.1, 0.15) is 30.4 Å². The Morgan fingerprint density at radius 3 is 2.55 bits per heavy atom. The van der Waals surface area contributed by atoms with Gasteiger partial charge in [0, 0.05) is 10.2 Å². The number of nitrogens with two attached hydrogens (primary N) is 1. The van der Waals surface area contributed by atoms with Crippen molar-refractivity contribution < 1.29 is 14.4 Å². The summed E-state index contributed by atoms with van der Waals surface area (Å²) in [6, 6.07) is 6.28. The van der Waals surface area contributed by atoms with Gasteiger partial charge in [0.05, 0.1) is 11.1 Å². The molecule has 0 unspecified atom stereocenters. The fourth-order valence-corrected chi connectivity index (χ4v) is 3.51. The first-order chi connectivity index (χ1) is 9.52. The maximum absolute atomic E-state index is 12.4. The van der Waals surface area contributed by atoms with Gasteiger partial charge >= 0.3 is 0 Å². The van der Waals surface area contributed by atoms with Crippen LogP contribution in [0.15, 0.2) is 34.1 Å². The summed E-state index contributed by atoms with van der Waals surface area (Å²) in [5, 5.41) is 1.70. The fourth-order valence-electron chi connectivity index (χ4n) is 2.04. The van der Waals surface area contributed by atoms with Crippen molar-refractivity contribution in [2.75, 3.05) is 5.73 Å². The molecule has 3 rings (SSSR count). The van der Waals surface area contributed by atoms with Crippen molar-refractivity contribution in [1.82, 2.24) is 4.90 Å². The molecule has 0 saturated heterocycles. The van der Waals surface area contributed by atoms with Gasteiger partial charge in [-0.15, -0.1) is 11.3 Å². The third-order valence-electron chi connectivity index (χ3n) is 2.96. The van der Waals surface area contributed by atoms with Gasteiger partial charge in [-0.2, -0.15) is 0 Å². The van der Waals surface area contributed by atoms with E-state index in [-0.39, 0.29) is 16.8 Å². The molecule has 1 aliphatic heterocycles. The lowest BCUT2D eigenvalue weighted by Crippen LogP contribution is -2.35. The summed E-state index contributed by atoms with van der Waals surface area (Å²) in [7, 11) is 0. The average molecular weight is 351 g/mol. The summed E-state index contributed by atoms with van der Waals surface area (Å²) >= 11 is 4.38. The van der Waals surface area contributed by atoms with Crippen molar-refractivity contribution in [3.05, 3.63) is 50.1 Å². The first-order valence-electron chi connectivity index (χ1n) is 5.57. The minimum Gasteiger partial charge on any atom is -0.398 e. The maximum atomic E-state index is 12.4. The number of hydrogen-bond donors (Lipinski definition) is 1. The number of imide groups is 3. The zero-order chi connectivity index (χ0) is 14.4.